The van der Waals surface area contributed by atoms with Gasteiger partial charge in [-0.15, -0.1) is 0 Å². The molecule has 0 saturated carbocycles. The Morgan fingerprint density at radius 3 is 2.54 bits per heavy atom. The average Bonchev–Trinajstić information content (AvgIpc) is 3.08. The second-order valence-electron chi connectivity index (χ2n) is 11.8. The summed E-state index contributed by atoms with van der Waals surface area (Å²) in [5.41, 5.74) is 2.36. The summed E-state index contributed by atoms with van der Waals surface area (Å²) >= 11 is 0. The molecule has 3 aliphatic heterocycles. The maximum Gasteiger partial charge on any atom is 0.229 e. The molecule has 0 spiro atoms. The summed E-state index contributed by atoms with van der Waals surface area (Å²) in [4.78, 5) is 22.7. The summed E-state index contributed by atoms with van der Waals surface area (Å²) in [7, 11) is 0. The number of anilines is 2. The second kappa shape index (κ2) is 11.1. The maximum absolute atomic E-state index is 15.0. The quantitative estimate of drug-likeness (QED) is 0.285. The summed E-state index contributed by atoms with van der Waals surface area (Å²) in [6.45, 7) is 14.9. The molecule has 1 aromatic carbocycles. The van der Waals surface area contributed by atoms with E-state index in [1.54, 1.807) is 6.07 Å². The van der Waals surface area contributed by atoms with Crippen LogP contribution in [0.3, 0.4) is 0 Å². The topological polar surface area (TPSA) is 75.0 Å². The van der Waals surface area contributed by atoms with E-state index in [2.05, 4.69) is 55.0 Å². The van der Waals surface area contributed by atoms with Crippen molar-refractivity contribution >= 4 is 22.8 Å². The summed E-state index contributed by atoms with van der Waals surface area (Å²) in [6, 6.07) is 7.95. The van der Waals surface area contributed by atoms with Gasteiger partial charge in [0.2, 0.25) is 5.95 Å². The molecule has 6 heterocycles. The van der Waals surface area contributed by atoms with Crippen LogP contribution in [0.25, 0.3) is 22.3 Å². The second-order valence-corrected chi connectivity index (χ2v) is 11.8. The molecule has 3 saturated heterocycles. The van der Waals surface area contributed by atoms with Crippen LogP contribution in [0, 0.1) is 24.5 Å². The van der Waals surface area contributed by atoms with Gasteiger partial charge in [-0.05, 0) is 76.8 Å². The molecule has 1 N–H and O–H groups in total. The number of pyridine rings is 1. The van der Waals surface area contributed by atoms with Gasteiger partial charge in [0.05, 0.1) is 11.7 Å². The van der Waals surface area contributed by atoms with Crippen molar-refractivity contribution in [2.75, 3.05) is 31.5 Å². The summed E-state index contributed by atoms with van der Waals surface area (Å²) < 4.78 is 31.9. The largest absolute Gasteiger partial charge is 0.326 e. The standard InChI is InChI=1S/C31H38F2N8/c1-6-39-15-21-7-9-24(39)17-40(16-21)19(4)22-8-10-28(34-13-22)37-31-35-14-26(33)29(38-31)23-11-25(32)30-27(12-23)41(18(2)3)20(5)36-30/h8,10-14,18-19,21,24H,6-7,9,15-17H2,1-5H3,(H,34,35,37,38)/t19-,21+,24+/m1/s1. The van der Waals surface area contributed by atoms with Crippen LogP contribution in [0.1, 0.15) is 64.0 Å². The molecule has 3 aliphatic rings. The van der Waals surface area contributed by atoms with Crippen LogP contribution in [0.5, 0.6) is 0 Å². The lowest BCUT2D eigenvalue weighted by atomic mass is 9.95. The van der Waals surface area contributed by atoms with E-state index in [0.717, 1.165) is 37.3 Å². The van der Waals surface area contributed by atoms with Crippen molar-refractivity contribution in [1.29, 1.82) is 0 Å². The van der Waals surface area contributed by atoms with E-state index in [1.807, 2.05) is 37.6 Å². The van der Waals surface area contributed by atoms with Gasteiger partial charge < -0.3 is 9.88 Å². The fraction of sp³-hybridized carbons (Fsp3) is 0.484. The van der Waals surface area contributed by atoms with Gasteiger partial charge >= 0.3 is 0 Å². The first-order valence-electron chi connectivity index (χ1n) is 14.6. The number of nitrogens with zero attached hydrogens (tertiary/aromatic N) is 7. The normalized spacial score (nSPS) is 20.6. The zero-order chi connectivity index (χ0) is 28.8. The number of nitrogens with one attached hydrogen (secondary N) is 1. The van der Waals surface area contributed by atoms with Crippen molar-refractivity contribution in [3.63, 3.8) is 0 Å². The van der Waals surface area contributed by atoms with E-state index in [-0.39, 0.29) is 29.2 Å². The van der Waals surface area contributed by atoms with Gasteiger partial charge in [0, 0.05) is 49.5 Å². The SMILES string of the molecule is CCN1C[C@@H]2CC[C@H]1CN([C@H](C)c1ccc(Nc3ncc(F)c(-c4cc(F)c5nc(C)n(C(C)C)c5c4)n3)nc1)C2. The third-order valence-corrected chi connectivity index (χ3v) is 8.78. The van der Waals surface area contributed by atoms with Gasteiger partial charge in [-0.2, -0.15) is 0 Å². The van der Waals surface area contributed by atoms with Crippen LogP contribution in [0.15, 0.2) is 36.7 Å². The van der Waals surface area contributed by atoms with E-state index >= 15 is 4.39 Å². The van der Waals surface area contributed by atoms with Gasteiger partial charge in [-0.3, -0.25) is 9.80 Å². The molecule has 3 atom stereocenters. The molecule has 4 aromatic rings. The number of hydrogen-bond acceptors (Lipinski definition) is 7. The molecule has 2 bridgehead atoms. The molecule has 8 nitrogen and oxygen atoms in total. The maximum atomic E-state index is 15.0. The Labute approximate surface area is 239 Å². The van der Waals surface area contributed by atoms with E-state index in [1.165, 1.54) is 25.5 Å². The predicted molar refractivity (Wildman–Crippen MR) is 157 cm³/mol. The zero-order valence-corrected chi connectivity index (χ0v) is 24.4. The van der Waals surface area contributed by atoms with E-state index < -0.39 is 11.6 Å². The summed E-state index contributed by atoms with van der Waals surface area (Å²) in [5.74, 6) is 1.02. The highest BCUT2D eigenvalue weighted by Crippen LogP contribution is 2.33. The Hall–Kier alpha value is -3.50. The molecule has 41 heavy (non-hydrogen) atoms. The van der Waals surface area contributed by atoms with Crippen molar-refractivity contribution < 1.29 is 8.78 Å². The minimum absolute atomic E-state index is 0.0135. The molecule has 0 radical (unpaired) electrons. The van der Waals surface area contributed by atoms with Crippen molar-refractivity contribution in [3.8, 4) is 11.3 Å². The van der Waals surface area contributed by atoms with Crippen molar-refractivity contribution in [3.05, 3.63) is 59.7 Å². The first-order valence-corrected chi connectivity index (χ1v) is 14.6. The number of fused-ring (bicyclic) bond motifs is 5. The molecule has 7 rings (SSSR count). The molecular formula is C31H38F2N8. The summed E-state index contributed by atoms with van der Waals surface area (Å²) in [6.07, 6.45) is 5.58. The van der Waals surface area contributed by atoms with E-state index in [4.69, 9.17) is 0 Å². The Kier molecular flexibility index (Phi) is 7.46. The third-order valence-electron chi connectivity index (χ3n) is 8.78. The molecule has 10 heteroatoms. The molecule has 3 fully saturated rings. The molecular weight excluding hydrogens is 522 g/mol. The third kappa shape index (κ3) is 5.30. The number of piperidine rings is 1. The van der Waals surface area contributed by atoms with E-state index in [0.29, 0.717) is 28.8 Å². The molecule has 3 aromatic heterocycles. The van der Waals surface area contributed by atoms with Crippen LogP contribution < -0.4 is 5.32 Å². The van der Waals surface area contributed by atoms with Crippen LogP contribution in [0.4, 0.5) is 20.5 Å². The minimum atomic E-state index is -0.633. The highest BCUT2D eigenvalue weighted by Gasteiger charge is 2.35. The van der Waals surface area contributed by atoms with Crippen LogP contribution >= 0.6 is 0 Å². The lowest BCUT2D eigenvalue weighted by Gasteiger charge is -2.35. The number of rotatable bonds is 7. The number of benzene rings is 1. The lowest BCUT2D eigenvalue weighted by Crippen LogP contribution is -2.43. The van der Waals surface area contributed by atoms with Crippen molar-refractivity contribution in [2.45, 2.75) is 65.6 Å². The minimum Gasteiger partial charge on any atom is -0.326 e. The van der Waals surface area contributed by atoms with Gasteiger partial charge in [0.15, 0.2) is 11.6 Å². The van der Waals surface area contributed by atoms with Crippen LogP contribution in [-0.2, 0) is 0 Å². The molecule has 0 amide bonds. The number of hydrogen-bond donors (Lipinski definition) is 1. The first-order chi connectivity index (χ1) is 19.7. The zero-order valence-electron chi connectivity index (χ0n) is 24.4. The fourth-order valence-electron chi connectivity index (χ4n) is 6.66. The monoisotopic (exact) mass is 560 g/mol. The Bertz CT molecular complexity index is 1550. The van der Waals surface area contributed by atoms with Crippen molar-refractivity contribution in [1.82, 2.24) is 34.3 Å². The van der Waals surface area contributed by atoms with Gasteiger partial charge in [-0.1, -0.05) is 13.0 Å². The van der Waals surface area contributed by atoms with E-state index in [9.17, 15) is 4.39 Å². The van der Waals surface area contributed by atoms with Gasteiger partial charge in [0.1, 0.15) is 22.9 Å². The Morgan fingerprint density at radius 1 is 0.976 bits per heavy atom. The lowest BCUT2D eigenvalue weighted by molar-refractivity contribution is 0.135. The average molecular weight is 561 g/mol. The smallest absolute Gasteiger partial charge is 0.229 e. The van der Waals surface area contributed by atoms with Gasteiger partial charge in [0.25, 0.3) is 0 Å². The van der Waals surface area contributed by atoms with Crippen LogP contribution in [0.2, 0.25) is 0 Å². The fourth-order valence-corrected chi connectivity index (χ4v) is 6.66. The number of likely N-dealkylation sites (N-methyl/N-ethyl adjacent to an activating group) is 1. The predicted octanol–water partition coefficient (Wildman–Crippen LogP) is 6.28. The van der Waals surface area contributed by atoms with Gasteiger partial charge in [-0.25, -0.2) is 28.7 Å². The highest BCUT2D eigenvalue weighted by molar-refractivity contribution is 5.83. The highest BCUT2D eigenvalue weighted by atomic mass is 19.1. The Balaban J connectivity index is 1.21. The first kappa shape index (κ1) is 27.7. The van der Waals surface area contributed by atoms with Crippen LogP contribution in [-0.4, -0.2) is 66.5 Å². The number of halogens is 2. The van der Waals surface area contributed by atoms with Crippen molar-refractivity contribution in [2.24, 2.45) is 5.92 Å². The number of aryl methyl sites for hydroxylation is 1. The molecule has 0 unspecified atom stereocenters. The number of imidazole rings is 1. The Morgan fingerprint density at radius 2 is 1.80 bits per heavy atom. The summed E-state index contributed by atoms with van der Waals surface area (Å²) in [5, 5.41) is 3.09. The number of aromatic nitrogens is 5. The molecule has 0 aliphatic carbocycles. The molecule has 216 valence electrons.